The molecule has 2 rings (SSSR count). The summed E-state index contributed by atoms with van der Waals surface area (Å²) in [5.41, 5.74) is 5.44. The molecule has 0 bridgehead atoms. The lowest BCUT2D eigenvalue weighted by Crippen LogP contribution is -2.36. The van der Waals surface area contributed by atoms with Crippen LogP contribution in [0.2, 0.25) is 0 Å². The summed E-state index contributed by atoms with van der Waals surface area (Å²) in [6, 6.07) is 0.464. The molecule has 0 aromatic heterocycles. The number of halogens is 1. The Morgan fingerprint density at radius 1 is 0.903 bits per heavy atom. The van der Waals surface area contributed by atoms with Crippen molar-refractivity contribution in [3.05, 3.63) is 0 Å². The lowest BCUT2D eigenvalue weighted by molar-refractivity contribution is -0.122. The third-order valence-corrected chi connectivity index (χ3v) is 7.20. The first-order chi connectivity index (χ1) is 14.6. The van der Waals surface area contributed by atoms with Crippen LogP contribution in [-0.2, 0) is 9.59 Å². The van der Waals surface area contributed by atoms with Gasteiger partial charge in [0.05, 0.1) is 12.1 Å². The summed E-state index contributed by atoms with van der Waals surface area (Å²) in [5, 5.41) is 12.3. The van der Waals surface area contributed by atoms with Gasteiger partial charge in [0.1, 0.15) is 0 Å². The second kappa shape index (κ2) is 16.4. The normalized spacial score (nSPS) is 21.6. The number of unbranched alkanes of at least 4 members (excludes halogenated alkanes) is 5. The maximum absolute atomic E-state index is 11.9. The number of rotatable bonds is 16. The minimum absolute atomic E-state index is 0. The molecule has 3 atom stereocenters. The Kier molecular flexibility index (Phi) is 14.8. The predicted molar refractivity (Wildman–Crippen MR) is 129 cm³/mol. The third-order valence-electron chi connectivity index (χ3n) is 5.69. The number of carbonyl (C=O) groups is 3. The van der Waals surface area contributed by atoms with Gasteiger partial charge >= 0.3 is 6.03 Å². The highest BCUT2D eigenvalue weighted by Gasteiger charge is 2.42. The van der Waals surface area contributed by atoms with Crippen molar-refractivity contribution in [3.8, 4) is 0 Å². The first-order valence-electron chi connectivity index (χ1n) is 11.5. The monoisotopic (exact) mass is 477 g/mol. The molecule has 2 saturated heterocycles. The van der Waals surface area contributed by atoms with Crippen LogP contribution in [0.4, 0.5) is 4.79 Å². The predicted octanol–water partition coefficient (Wildman–Crippen LogP) is 2.06. The van der Waals surface area contributed by atoms with E-state index < -0.39 is 0 Å². The quantitative estimate of drug-likeness (QED) is 0.172. The Labute approximate surface area is 196 Å². The maximum Gasteiger partial charge on any atom is 0.315 e. The van der Waals surface area contributed by atoms with Crippen LogP contribution in [0.5, 0.6) is 0 Å². The number of urea groups is 1. The second-order valence-electron chi connectivity index (χ2n) is 8.23. The summed E-state index contributed by atoms with van der Waals surface area (Å²) >= 11 is 1.92. The Hall–Kier alpha value is -1.19. The first-order valence-corrected chi connectivity index (χ1v) is 12.6. The molecule has 6 N–H and O–H groups in total. The van der Waals surface area contributed by atoms with Crippen molar-refractivity contribution in [1.82, 2.24) is 21.3 Å². The summed E-state index contributed by atoms with van der Waals surface area (Å²) < 4.78 is 0. The van der Waals surface area contributed by atoms with Crippen LogP contribution in [-0.4, -0.2) is 60.6 Å². The summed E-state index contributed by atoms with van der Waals surface area (Å²) in [6.45, 7) is 2.13. The Morgan fingerprint density at radius 3 is 2.16 bits per heavy atom. The van der Waals surface area contributed by atoms with Crippen LogP contribution >= 0.6 is 24.2 Å². The molecular formula is C21H40ClN5O3S. The van der Waals surface area contributed by atoms with E-state index in [0.717, 1.165) is 70.1 Å². The minimum Gasteiger partial charge on any atom is -0.356 e. The van der Waals surface area contributed by atoms with E-state index in [1.54, 1.807) is 0 Å². The van der Waals surface area contributed by atoms with Crippen LogP contribution < -0.4 is 27.0 Å². The van der Waals surface area contributed by atoms with E-state index in [-0.39, 0.29) is 42.3 Å². The molecule has 2 fully saturated rings. The molecule has 0 aromatic carbocycles. The molecule has 4 amide bonds. The maximum atomic E-state index is 11.9. The lowest BCUT2D eigenvalue weighted by atomic mass is 10.0. The van der Waals surface area contributed by atoms with Crippen molar-refractivity contribution in [2.45, 2.75) is 88.0 Å². The van der Waals surface area contributed by atoms with Crippen molar-refractivity contribution >= 4 is 42.0 Å². The highest BCUT2D eigenvalue weighted by Crippen LogP contribution is 2.33. The molecular weight excluding hydrogens is 438 g/mol. The third kappa shape index (κ3) is 11.3. The Balaban J connectivity index is 0.00000480. The molecule has 0 aliphatic carbocycles. The number of hydrogen-bond acceptors (Lipinski definition) is 5. The Morgan fingerprint density at radius 2 is 1.52 bits per heavy atom. The molecule has 180 valence electrons. The summed E-state index contributed by atoms with van der Waals surface area (Å²) in [4.78, 5) is 35.0. The van der Waals surface area contributed by atoms with E-state index in [9.17, 15) is 14.4 Å². The van der Waals surface area contributed by atoms with E-state index in [1.807, 2.05) is 11.8 Å². The number of thioether (sulfide) groups is 1. The van der Waals surface area contributed by atoms with Crippen molar-refractivity contribution in [3.63, 3.8) is 0 Å². The number of hydrogen-bond donors (Lipinski definition) is 5. The number of fused-ring (bicyclic) bond motifs is 1. The van der Waals surface area contributed by atoms with E-state index >= 15 is 0 Å². The van der Waals surface area contributed by atoms with Crippen molar-refractivity contribution in [2.24, 2.45) is 5.73 Å². The van der Waals surface area contributed by atoms with Crippen molar-refractivity contribution < 1.29 is 14.4 Å². The van der Waals surface area contributed by atoms with E-state index in [0.29, 0.717) is 31.2 Å². The zero-order chi connectivity index (χ0) is 21.6. The largest absolute Gasteiger partial charge is 0.356 e. The summed E-state index contributed by atoms with van der Waals surface area (Å²) in [7, 11) is 0. The summed E-state index contributed by atoms with van der Waals surface area (Å²) in [6.07, 6.45) is 9.82. The zero-order valence-corrected chi connectivity index (χ0v) is 20.1. The van der Waals surface area contributed by atoms with Gasteiger partial charge in [-0.3, -0.25) is 9.59 Å². The minimum atomic E-state index is -0.0476. The fraction of sp³-hybridized carbons (Fsp3) is 0.857. The standard InChI is InChI=1S/C21H39N5O3S.ClH/c22-12-6-2-8-14-24-18(27)10-3-1-7-13-23-19(28)11-5-4-9-17-20-16(15-30-17)25-21(29)26-20;/h16-17,20H,1-15,22H2,(H,23,28)(H,24,27)(H2,25,26,29);1H/t16-,17-,20-;/m0./s1. The van der Waals surface area contributed by atoms with Crippen LogP contribution in [0.1, 0.15) is 70.6 Å². The highest BCUT2D eigenvalue weighted by atomic mass is 35.5. The molecule has 0 radical (unpaired) electrons. The first kappa shape index (κ1) is 27.8. The van der Waals surface area contributed by atoms with Gasteiger partial charge in [0.25, 0.3) is 0 Å². The fourth-order valence-corrected chi connectivity index (χ4v) is 5.48. The molecule has 0 aromatic rings. The van der Waals surface area contributed by atoms with Crippen molar-refractivity contribution in [2.75, 3.05) is 25.4 Å². The molecule has 0 saturated carbocycles. The van der Waals surface area contributed by atoms with Crippen molar-refractivity contribution in [1.29, 1.82) is 0 Å². The van der Waals surface area contributed by atoms with Crippen LogP contribution in [0, 0.1) is 0 Å². The number of amides is 4. The van der Waals surface area contributed by atoms with E-state index in [2.05, 4.69) is 21.3 Å². The molecule has 0 unspecified atom stereocenters. The van der Waals surface area contributed by atoms with E-state index in [4.69, 9.17) is 5.73 Å². The fourth-order valence-electron chi connectivity index (χ4n) is 3.94. The molecule has 0 spiro atoms. The van der Waals surface area contributed by atoms with Gasteiger partial charge < -0.3 is 27.0 Å². The average molecular weight is 478 g/mol. The molecule has 8 nitrogen and oxygen atoms in total. The van der Waals surface area contributed by atoms with Crippen LogP contribution in [0.15, 0.2) is 0 Å². The van der Waals surface area contributed by atoms with Crippen LogP contribution in [0.3, 0.4) is 0 Å². The smallest absolute Gasteiger partial charge is 0.315 e. The van der Waals surface area contributed by atoms with Gasteiger partial charge in [-0.25, -0.2) is 4.79 Å². The zero-order valence-electron chi connectivity index (χ0n) is 18.5. The highest BCUT2D eigenvalue weighted by molar-refractivity contribution is 8.00. The van der Waals surface area contributed by atoms with Gasteiger partial charge in [-0.1, -0.05) is 19.3 Å². The molecule has 2 aliphatic heterocycles. The van der Waals surface area contributed by atoms with E-state index in [1.165, 1.54) is 0 Å². The lowest BCUT2D eigenvalue weighted by Gasteiger charge is -2.16. The number of nitrogens with two attached hydrogens (primary N) is 1. The number of nitrogens with one attached hydrogen (secondary N) is 4. The van der Waals surface area contributed by atoms with Gasteiger partial charge in [0.2, 0.25) is 11.8 Å². The molecule has 2 aliphatic rings. The average Bonchev–Trinajstić information content (AvgIpc) is 3.27. The molecule has 2 heterocycles. The molecule has 10 heteroatoms. The van der Waals surface area contributed by atoms with Gasteiger partial charge in [-0.15, -0.1) is 12.4 Å². The van der Waals surface area contributed by atoms with Gasteiger partial charge in [-0.2, -0.15) is 11.8 Å². The summed E-state index contributed by atoms with van der Waals surface area (Å²) in [5.74, 6) is 1.20. The number of carbonyl (C=O) groups excluding carboxylic acids is 3. The Bertz CT molecular complexity index is 555. The molecule has 31 heavy (non-hydrogen) atoms. The van der Waals surface area contributed by atoms with Gasteiger partial charge in [0, 0.05) is 36.9 Å². The second-order valence-corrected chi connectivity index (χ2v) is 9.50. The SMILES string of the molecule is Cl.NCCCCCNC(=O)CCCCCNC(=O)CCCC[C@@H]1SC[C@@H]2NC(=O)N[C@@H]21. The van der Waals surface area contributed by atoms with Gasteiger partial charge in [0.15, 0.2) is 0 Å². The van der Waals surface area contributed by atoms with Crippen LogP contribution in [0.25, 0.3) is 0 Å². The van der Waals surface area contributed by atoms with Gasteiger partial charge in [-0.05, 0) is 45.1 Å². The topological polar surface area (TPSA) is 125 Å².